The summed E-state index contributed by atoms with van der Waals surface area (Å²) in [4.78, 5) is 17.2. The number of thiazole rings is 1. The molecule has 33 heavy (non-hydrogen) atoms. The van der Waals surface area contributed by atoms with Crippen LogP contribution < -0.4 is 14.4 Å². The lowest BCUT2D eigenvalue weighted by Crippen LogP contribution is -2.26. The minimum atomic E-state index is -3.75. The Morgan fingerprint density at radius 1 is 1.00 bits per heavy atom. The fourth-order valence-electron chi connectivity index (χ4n) is 3.13. The number of nitrogens with one attached hydrogen (secondary N) is 1. The van der Waals surface area contributed by atoms with E-state index in [0.29, 0.717) is 16.4 Å². The lowest BCUT2D eigenvalue weighted by Gasteiger charge is -2.19. The number of carbonyl (C=O) groups is 1. The van der Waals surface area contributed by atoms with Crippen molar-refractivity contribution in [1.82, 2.24) is 4.98 Å². The molecule has 7 nitrogen and oxygen atoms in total. The topological polar surface area (TPSA) is 88.6 Å². The minimum absolute atomic E-state index is 0.0972. The highest BCUT2D eigenvalue weighted by atomic mass is 32.2. The normalized spacial score (nSPS) is 11.1. The van der Waals surface area contributed by atoms with E-state index in [4.69, 9.17) is 4.74 Å². The average Bonchev–Trinajstić information content (AvgIpc) is 3.32. The van der Waals surface area contributed by atoms with Gasteiger partial charge in [-0.25, -0.2) is 13.4 Å². The van der Waals surface area contributed by atoms with Crippen molar-refractivity contribution < 1.29 is 17.9 Å². The van der Waals surface area contributed by atoms with Gasteiger partial charge in [-0.15, -0.1) is 11.3 Å². The largest absolute Gasteiger partial charge is 0.497 e. The van der Waals surface area contributed by atoms with Gasteiger partial charge in [0.1, 0.15) is 5.75 Å². The summed E-state index contributed by atoms with van der Waals surface area (Å²) in [5, 5.41) is 5.05. The number of sulfonamides is 1. The summed E-state index contributed by atoms with van der Waals surface area (Å²) < 4.78 is 32.2. The third-order valence-corrected chi connectivity index (χ3v) is 7.54. The van der Waals surface area contributed by atoms with Gasteiger partial charge in [-0.05, 0) is 48.5 Å². The first-order valence-electron chi connectivity index (χ1n) is 9.94. The summed E-state index contributed by atoms with van der Waals surface area (Å²) >= 11 is 1.30. The Hall–Kier alpha value is -3.69. The number of nitrogens with zero attached hydrogens (tertiary/aromatic N) is 2. The van der Waals surface area contributed by atoms with Crippen molar-refractivity contribution >= 4 is 38.1 Å². The Balaban J connectivity index is 1.47. The van der Waals surface area contributed by atoms with Gasteiger partial charge in [0, 0.05) is 23.6 Å². The highest BCUT2D eigenvalue weighted by molar-refractivity contribution is 7.92. The molecule has 0 aliphatic carbocycles. The number of aromatic nitrogens is 1. The lowest BCUT2D eigenvalue weighted by molar-refractivity contribution is 0.102. The van der Waals surface area contributed by atoms with Gasteiger partial charge < -0.3 is 4.74 Å². The average molecular weight is 480 g/mol. The third kappa shape index (κ3) is 4.89. The monoisotopic (exact) mass is 479 g/mol. The summed E-state index contributed by atoms with van der Waals surface area (Å²) in [7, 11) is -0.652. The van der Waals surface area contributed by atoms with Gasteiger partial charge >= 0.3 is 0 Å². The molecule has 4 rings (SSSR count). The standard InChI is InChI=1S/C24H21N3O4S2/c1-27(19-8-4-3-5-9-19)33(29,30)21-13-11-17(12-14-21)23(28)26-24-25-22(16-32-24)18-7-6-10-20(15-18)31-2/h3-16H,1-2H3,(H,25,26,28). The molecule has 1 heterocycles. The first-order valence-corrected chi connectivity index (χ1v) is 12.3. The fourth-order valence-corrected chi connectivity index (χ4v) is 5.04. The maximum atomic E-state index is 12.9. The van der Waals surface area contributed by atoms with Gasteiger partial charge in [-0.3, -0.25) is 14.4 Å². The quantitative estimate of drug-likeness (QED) is 0.407. The first kappa shape index (κ1) is 22.5. The van der Waals surface area contributed by atoms with Crippen LogP contribution in [-0.2, 0) is 10.0 Å². The molecule has 0 unspecified atom stereocenters. The van der Waals surface area contributed by atoms with Gasteiger partial charge in [0.2, 0.25) is 0 Å². The Kier molecular flexibility index (Phi) is 6.43. The van der Waals surface area contributed by atoms with Crippen LogP contribution >= 0.6 is 11.3 Å². The first-order chi connectivity index (χ1) is 15.9. The Morgan fingerprint density at radius 3 is 2.42 bits per heavy atom. The molecular formula is C24H21N3O4S2. The molecular weight excluding hydrogens is 458 g/mol. The maximum Gasteiger partial charge on any atom is 0.264 e. The predicted molar refractivity (Wildman–Crippen MR) is 131 cm³/mol. The molecule has 4 aromatic rings. The molecule has 168 valence electrons. The lowest BCUT2D eigenvalue weighted by atomic mass is 10.2. The summed E-state index contributed by atoms with van der Waals surface area (Å²) in [5.74, 6) is 0.348. The molecule has 0 radical (unpaired) electrons. The van der Waals surface area contributed by atoms with Crippen LogP contribution in [0.4, 0.5) is 10.8 Å². The molecule has 0 saturated carbocycles. The number of benzene rings is 3. The SMILES string of the molecule is COc1cccc(-c2csc(NC(=O)c3ccc(S(=O)(=O)N(C)c4ccccc4)cc3)n2)c1. The molecule has 9 heteroatoms. The number of anilines is 2. The van der Waals surface area contributed by atoms with Crippen LogP contribution in [0.15, 0.2) is 89.1 Å². The van der Waals surface area contributed by atoms with E-state index in [1.54, 1.807) is 31.4 Å². The Morgan fingerprint density at radius 2 is 1.73 bits per heavy atom. The number of rotatable bonds is 7. The molecule has 0 atom stereocenters. The van der Waals surface area contributed by atoms with Crippen LogP contribution in [0, 0.1) is 0 Å². The predicted octanol–water partition coefficient (Wildman–Crippen LogP) is 4.90. The summed E-state index contributed by atoms with van der Waals surface area (Å²) in [6.07, 6.45) is 0. The number of ether oxygens (including phenoxy) is 1. The van der Waals surface area contributed by atoms with Crippen molar-refractivity contribution in [3.63, 3.8) is 0 Å². The molecule has 0 spiro atoms. The van der Waals surface area contributed by atoms with E-state index in [1.807, 2.05) is 35.7 Å². The summed E-state index contributed by atoms with van der Waals surface area (Å²) in [6.45, 7) is 0. The molecule has 0 aliphatic rings. The van der Waals surface area contributed by atoms with Crippen LogP contribution in [0.1, 0.15) is 10.4 Å². The Bertz CT molecular complexity index is 1370. The van der Waals surface area contributed by atoms with Crippen LogP contribution in [0.25, 0.3) is 11.3 Å². The second-order valence-electron chi connectivity index (χ2n) is 7.06. The summed E-state index contributed by atoms with van der Waals surface area (Å²) in [6, 6.07) is 22.1. The van der Waals surface area contributed by atoms with Crippen LogP contribution in [-0.4, -0.2) is 33.5 Å². The van der Waals surface area contributed by atoms with Gasteiger partial charge in [0.15, 0.2) is 5.13 Å². The molecule has 1 amide bonds. The number of hydrogen-bond acceptors (Lipinski definition) is 6. The maximum absolute atomic E-state index is 12.9. The van der Waals surface area contributed by atoms with E-state index in [-0.39, 0.29) is 10.8 Å². The molecule has 0 saturated heterocycles. The van der Waals surface area contributed by atoms with Crippen molar-refractivity contribution in [2.45, 2.75) is 4.90 Å². The van der Waals surface area contributed by atoms with Crippen molar-refractivity contribution in [3.05, 3.63) is 89.8 Å². The van der Waals surface area contributed by atoms with Gasteiger partial charge in [-0.1, -0.05) is 30.3 Å². The van der Waals surface area contributed by atoms with Crippen molar-refractivity contribution in [1.29, 1.82) is 0 Å². The smallest absolute Gasteiger partial charge is 0.264 e. The fraction of sp³-hybridized carbons (Fsp3) is 0.0833. The molecule has 1 N–H and O–H groups in total. The van der Waals surface area contributed by atoms with E-state index in [1.165, 1.54) is 47.0 Å². The molecule has 0 aliphatic heterocycles. The molecule has 3 aromatic carbocycles. The molecule has 0 fully saturated rings. The third-order valence-electron chi connectivity index (χ3n) is 4.98. The molecule has 1 aromatic heterocycles. The van der Waals surface area contributed by atoms with Gasteiger partial charge in [0.25, 0.3) is 15.9 Å². The van der Waals surface area contributed by atoms with E-state index in [9.17, 15) is 13.2 Å². The zero-order chi connectivity index (χ0) is 23.4. The van der Waals surface area contributed by atoms with Crippen molar-refractivity contribution in [2.75, 3.05) is 23.8 Å². The highest BCUT2D eigenvalue weighted by Gasteiger charge is 2.21. The van der Waals surface area contributed by atoms with E-state index < -0.39 is 10.0 Å². The second kappa shape index (κ2) is 9.43. The van der Waals surface area contributed by atoms with Crippen molar-refractivity contribution in [2.24, 2.45) is 0 Å². The number of methoxy groups -OCH3 is 1. The Labute approximate surface area is 196 Å². The van der Waals surface area contributed by atoms with Crippen LogP contribution in [0.2, 0.25) is 0 Å². The minimum Gasteiger partial charge on any atom is -0.497 e. The number of carbonyl (C=O) groups excluding carboxylic acids is 1. The van der Waals surface area contributed by atoms with Crippen molar-refractivity contribution in [3.8, 4) is 17.0 Å². The van der Waals surface area contributed by atoms with Crippen LogP contribution in [0.3, 0.4) is 0 Å². The second-order valence-corrected chi connectivity index (χ2v) is 9.88. The van der Waals surface area contributed by atoms with Gasteiger partial charge in [0.05, 0.1) is 23.4 Å². The summed E-state index contributed by atoms with van der Waals surface area (Å²) in [5.41, 5.74) is 2.48. The van der Waals surface area contributed by atoms with Crippen LogP contribution in [0.5, 0.6) is 5.75 Å². The van der Waals surface area contributed by atoms with E-state index in [2.05, 4.69) is 10.3 Å². The number of hydrogen-bond donors (Lipinski definition) is 1. The van der Waals surface area contributed by atoms with Gasteiger partial charge in [-0.2, -0.15) is 0 Å². The zero-order valence-corrected chi connectivity index (χ0v) is 19.6. The number of para-hydroxylation sites is 1. The molecule has 0 bridgehead atoms. The zero-order valence-electron chi connectivity index (χ0n) is 17.9. The number of amides is 1. The highest BCUT2D eigenvalue weighted by Crippen LogP contribution is 2.28. The van der Waals surface area contributed by atoms with E-state index in [0.717, 1.165) is 17.0 Å². The van der Waals surface area contributed by atoms with E-state index >= 15 is 0 Å².